The number of nitrogens with zero attached hydrogens (tertiary/aromatic N) is 1. The van der Waals surface area contributed by atoms with Crippen molar-refractivity contribution >= 4 is 29.3 Å². The van der Waals surface area contributed by atoms with Gasteiger partial charge in [-0.05, 0) is 61.3 Å². The number of rotatable bonds is 6. The van der Waals surface area contributed by atoms with E-state index >= 15 is 0 Å². The molecule has 1 aliphatic heterocycles. The van der Waals surface area contributed by atoms with Crippen molar-refractivity contribution in [3.63, 3.8) is 0 Å². The van der Waals surface area contributed by atoms with Crippen LogP contribution < -0.4 is 0 Å². The van der Waals surface area contributed by atoms with Crippen molar-refractivity contribution in [1.82, 2.24) is 4.90 Å². The largest absolute Gasteiger partial charge is 0.478 e. The number of fused-ring (bicyclic) bond motifs is 2. The number of hydrogen-bond donors (Lipinski definition) is 2. The van der Waals surface area contributed by atoms with Crippen molar-refractivity contribution in [3.05, 3.63) is 77.4 Å². The molecule has 0 aromatic heterocycles. The van der Waals surface area contributed by atoms with E-state index in [0.717, 1.165) is 19.4 Å². The highest BCUT2D eigenvalue weighted by atomic mass is 32.2. The van der Waals surface area contributed by atoms with Crippen molar-refractivity contribution in [2.24, 2.45) is 0 Å². The van der Waals surface area contributed by atoms with Gasteiger partial charge >= 0.3 is 11.9 Å². The molecule has 0 bridgehead atoms. The minimum Gasteiger partial charge on any atom is -0.478 e. The second-order valence-electron chi connectivity index (χ2n) is 7.00. The van der Waals surface area contributed by atoms with Gasteiger partial charge in [0, 0.05) is 28.5 Å². The molecule has 2 aromatic rings. The molecule has 0 spiro atoms. The fourth-order valence-electron chi connectivity index (χ4n) is 2.96. The Morgan fingerprint density at radius 2 is 1.60 bits per heavy atom. The Labute approximate surface area is 181 Å². The molecule has 0 aliphatic carbocycles. The second kappa shape index (κ2) is 11.4. The standard InChI is InChI=1S/C20H23NS.C4H4O4/c1-4-15-11-12-18-16(9-7-13-21(2)3)17-8-5-6-10-19(17)22-20(18)14-15;5-3(6)1-2-4(7)8/h5-6,8-12,14H,4,7,13H2,1-3H3;1-2H,(H,5,6)(H,7,8)/b16-9+;2-1+. The van der Waals surface area contributed by atoms with E-state index in [2.05, 4.69) is 74.5 Å². The van der Waals surface area contributed by atoms with E-state index in [1.54, 1.807) is 0 Å². The first-order chi connectivity index (χ1) is 14.3. The van der Waals surface area contributed by atoms with Gasteiger partial charge in [0.25, 0.3) is 0 Å². The summed E-state index contributed by atoms with van der Waals surface area (Å²) in [6.45, 7) is 3.30. The molecule has 0 fully saturated rings. The summed E-state index contributed by atoms with van der Waals surface area (Å²) in [7, 11) is 4.26. The lowest BCUT2D eigenvalue weighted by Gasteiger charge is -2.23. The van der Waals surface area contributed by atoms with E-state index in [-0.39, 0.29) is 0 Å². The molecule has 30 heavy (non-hydrogen) atoms. The highest BCUT2D eigenvalue weighted by Gasteiger charge is 2.20. The number of carboxylic acids is 2. The van der Waals surface area contributed by atoms with Gasteiger partial charge in [0.05, 0.1) is 0 Å². The van der Waals surface area contributed by atoms with Crippen LogP contribution in [0.4, 0.5) is 0 Å². The molecule has 0 saturated carbocycles. The zero-order valence-corrected chi connectivity index (χ0v) is 18.3. The van der Waals surface area contributed by atoms with E-state index in [0.29, 0.717) is 12.2 Å². The highest BCUT2D eigenvalue weighted by Crippen LogP contribution is 2.45. The maximum absolute atomic E-state index is 9.55. The first kappa shape index (κ1) is 23.4. The lowest BCUT2D eigenvalue weighted by molar-refractivity contribution is -0.134. The van der Waals surface area contributed by atoms with E-state index < -0.39 is 11.9 Å². The number of carbonyl (C=O) groups is 2. The van der Waals surface area contributed by atoms with E-state index in [9.17, 15) is 9.59 Å². The summed E-state index contributed by atoms with van der Waals surface area (Å²) in [5.74, 6) is -2.51. The van der Waals surface area contributed by atoms with Crippen LogP contribution >= 0.6 is 11.8 Å². The molecule has 0 saturated heterocycles. The van der Waals surface area contributed by atoms with Gasteiger partial charge in [-0.2, -0.15) is 0 Å². The minimum absolute atomic E-state index is 0.558. The Morgan fingerprint density at radius 3 is 2.20 bits per heavy atom. The van der Waals surface area contributed by atoms with E-state index in [1.165, 1.54) is 32.1 Å². The summed E-state index contributed by atoms with van der Waals surface area (Å²) in [5, 5.41) is 15.6. The highest BCUT2D eigenvalue weighted by molar-refractivity contribution is 7.99. The van der Waals surface area contributed by atoms with Gasteiger partial charge in [0.1, 0.15) is 0 Å². The minimum atomic E-state index is -1.26. The first-order valence-corrected chi connectivity index (χ1v) is 10.5. The molecule has 0 atom stereocenters. The third-order valence-electron chi connectivity index (χ3n) is 4.43. The molecule has 0 radical (unpaired) electrons. The van der Waals surface area contributed by atoms with Crippen LogP contribution in [0, 0.1) is 0 Å². The third-order valence-corrected chi connectivity index (χ3v) is 5.57. The summed E-state index contributed by atoms with van der Waals surface area (Å²) in [4.78, 5) is 24.1. The zero-order chi connectivity index (χ0) is 22.1. The fraction of sp³-hybridized carbons (Fsp3) is 0.250. The average Bonchev–Trinajstić information content (AvgIpc) is 2.71. The number of carboxylic acid groups (broad SMARTS) is 2. The van der Waals surface area contributed by atoms with Gasteiger partial charge in [0.15, 0.2) is 0 Å². The van der Waals surface area contributed by atoms with E-state index in [1.807, 2.05) is 11.8 Å². The smallest absolute Gasteiger partial charge is 0.328 e. The molecule has 2 N–H and O–H groups in total. The van der Waals surface area contributed by atoms with Crippen molar-refractivity contribution in [3.8, 4) is 0 Å². The van der Waals surface area contributed by atoms with Crippen LogP contribution in [0.5, 0.6) is 0 Å². The van der Waals surface area contributed by atoms with Crippen LogP contribution in [0.2, 0.25) is 0 Å². The Morgan fingerprint density at radius 1 is 0.967 bits per heavy atom. The van der Waals surface area contributed by atoms with Crippen LogP contribution in [0.25, 0.3) is 5.57 Å². The first-order valence-electron chi connectivity index (χ1n) is 9.71. The summed E-state index contributed by atoms with van der Waals surface area (Å²) in [6, 6.07) is 15.7. The third kappa shape index (κ3) is 6.90. The summed E-state index contributed by atoms with van der Waals surface area (Å²) >= 11 is 1.90. The molecule has 5 nitrogen and oxygen atoms in total. The predicted octanol–water partition coefficient (Wildman–Crippen LogP) is 4.81. The lowest BCUT2D eigenvalue weighted by atomic mass is 9.95. The van der Waals surface area contributed by atoms with Crippen molar-refractivity contribution in [2.45, 2.75) is 29.6 Å². The number of aliphatic carboxylic acids is 2. The molecule has 1 aliphatic rings. The quantitative estimate of drug-likeness (QED) is 0.552. The normalized spacial score (nSPS) is 13.5. The fourth-order valence-corrected chi connectivity index (χ4v) is 4.13. The molecule has 2 aromatic carbocycles. The lowest BCUT2D eigenvalue weighted by Crippen LogP contribution is -2.12. The van der Waals surface area contributed by atoms with Crippen molar-refractivity contribution in [1.29, 1.82) is 0 Å². The Hall–Kier alpha value is -2.83. The molecular weight excluding hydrogens is 398 g/mol. The zero-order valence-electron chi connectivity index (χ0n) is 17.5. The molecule has 158 valence electrons. The second-order valence-corrected chi connectivity index (χ2v) is 8.09. The molecule has 0 amide bonds. The van der Waals surface area contributed by atoms with Gasteiger partial charge < -0.3 is 15.1 Å². The van der Waals surface area contributed by atoms with Gasteiger partial charge in [0.2, 0.25) is 0 Å². The molecule has 0 unspecified atom stereocenters. The Balaban J connectivity index is 0.000000343. The van der Waals surface area contributed by atoms with Crippen LogP contribution in [-0.4, -0.2) is 47.7 Å². The van der Waals surface area contributed by atoms with Crippen LogP contribution in [0.1, 0.15) is 30.0 Å². The van der Waals surface area contributed by atoms with Crippen LogP contribution in [0.15, 0.2) is 70.5 Å². The van der Waals surface area contributed by atoms with Gasteiger partial charge in [-0.15, -0.1) is 0 Å². The molecular formula is C24H27NO4S. The predicted molar refractivity (Wildman–Crippen MR) is 121 cm³/mol. The van der Waals surface area contributed by atoms with Crippen molar-refractivity contribution in [2.75, 3.05) is 20.6 Å². The molecule has 6 heteroatoms. The number of benzene rings is 2. The van der Waals surface area contributed by atoms with Crippen LogP contribution in [-0.2, 0) is 16.0 Å². The van der Waals surface area contributed by atoms with Gasteiger partial charge in [-0.1, -0.05) is 55.1 Å². The number of hydrogen-bond acceptors (Lipinski definition) is 4. The van der Waals surface area contributed by atoms with Crippen molar-refractivity contribution < 1.29 is 19.8 Å². The maximum Gasteiger partial charge on any atom is 0.328 e. The summed E-state index contributed by atoms with van der Waals surface area (Å²) < 4.78 is 0. The maximum atomic E-state index is 9.55. The monoisotopic (exact) mass is 425 g/mol. The topological polar surface area (TPSA) is 77.8 Å². The van der Waals surface area contributed by atoms with E-state index in [4.69, 9.17) is 10.2 Å². The summed E-state index contributed by atoms with van der Waals surface area (Å²) in [6.07, 6.45) is 5.69. The summed E-state index contributed by atoms with van der Waals surface area (Å²) in [5.41, 5.74) is 5.58. The number of aryl methyl sites for hydroxylation is 1. The van der Waals surface area contributed by atoms with Gasteiger partial charge in [-0.3, -0.25) is 0 Å². The molecule has 3 rings (SSSR count). The van der Waals surface area contributed by atoms with Crippen LogP contribution in [0.3, 0.4) is 0 Å². The Kier molecular flexibility index (Phi) is 8.89. The SMILES string of the molecule is CCc1ccc2c(c1)Sc1ccccc1/C2=C\CCN(C)C.O=C(O)/C=C/C(=O)O. The Bertz CT molecular complexity index is 947. The average molecular weight is 426 g/mol. The van der Waals surface area contributed by atoms with Gasteiger partial charge in [-0.25, -0.2) is 9.59 Å². The molecule has 1 heterocycles.